The SMILES string of the molecule is OC1c2cccc3cccc(c23)C1(c1ccccc1)c1ccccc1. The molecule has 1 aliphatic rings. The van der Waals surface area contributed by atoms with Crippen LogP contribution in [0.15, 0.2) is 97.1 Å². The van der Waals surface area contributed by atoms with Crippen LogP contribution in [0.25, 0.3) is 10.8 Å². The minimum atomic E-state index is -0.613. The number of benzene rings is 4. The summed E-state index contributed by atoms with van der Waals surface area (Å²) in [6, 6.07) is 33.4. The fourth-order valence-electron chi connectivity index (χ4n) is 4.50. The Balaban J connectivity index is 1.95. The van der Waals surface area contributed by atoms with Crippen LogP contribution in [0.4, 0.5) is 0 Å². The summed E-state index contributed by atoms with van der Waals surface area (Å²) in [5.41, 5.74) is 3.87. The molecular weight excluding hydrogens is 304 g/mol. The third-order valence-corrected chi connectivity index (χ3v) is 5.52. The third-order valence-electron chi connectivity index (χ3n) is 5.52. The second-order valence-corrected chi connectivity index (χ2v) is 6.69. The highest BCUT2D eigenvalue weighted by Gasteiger charge is 2.49. The predicted octanol–water partition coefficient (Wildman–Crippen LogP) is 5.22. The molecule has 0 aromatic heterocycles. The summed E-state index contributed by atoms with van der Waals surface area (Å²) in [5.74, 6) is 0. The maximum absolute atomic E-state index is 11.6. The average molecular weight is 322 g/mol. The first-order chi connectivity index (χ1) is 12.3. The largest absolute Gasteiger partial charge is 0.387 e. The molecule has 1 nitrogen and oxygen atoms in total. The van der Waals surface area contributed by atoms with Crippen molar-refractivity contribution in [1.29, 1.82) is 0 Å². The van der Waals surface area contributed by atoms with E-state index in [4.69, 9.17) is 0 Å². The van der Waals surface area contributed by atoms with Crippen LogP contribution in [-0.4, -0.2) is 5.11 Å². The van der Waals surface area contributed by atoms with Gasteiger partial charge in [0.2, 0.25) is 0 Å². The Kier molecular flexibility index (Phi) is 3.06. The Morgan fingerprint density at radius 1 is 0.600 bits per heavy atom. The molecule has 0 aliphatic heterocycles. The highest BCUT2D eigenvalue weighted by Crippen LogP contribution is 2.56. The molecule has 0 amide bonds. The van der Waals surface area contributed by atoms with E-state index in [0.29, 0.717) is 0 Å². The van der Waals surface area contributed by atoms with Crippen LogP contribution in [0, 0.1) is 0 Å². The van der Waals surface area contributed by atoms with Gasteiger partial charge >= 0.3 is 0 Å². The second kappa shape index (κ2) is 5.30. The first-order valence-corrected chi connectivity index (χ1v) is 8.64. The number of hydrogen-bond donors (Lipinski definition) is 1. The molecule has 1 atom stereocenters. The Labute approximate surface area is 147 Å². The topological polar surface area (TPSA) is 20.2 Å². The first-order valence-electron chi connectivity index (χ1n) is 8.64. The van der Waals surface area contributed by atoms with Crippen molar-refractivity contribution in [2.45, 2.75) is 11.5 Å². The molecule has 4 aromatic carbocycles. The predicted molar refractivity (Wildman–Crippen MR) is 102 cm³/mol. The number of aliphatic hydroxyl groups excluding tert-OH is 1. The maximum atomic E-state index is 11.6. The van der Waals surface area contributed by atoms with Crippen LogP contribution in [0.2, 0.25) is 0 Å². The van der Waals surface area contributed by atoms with Gasteiger partial charge in [0.15, 0.2) is 0 Å². The van der Waals surface area contributed by atoms with Gasteiger partial charge in [0.1, 0.15) is 0 Å². The van der Waals surface area contributed by atoms with Crippen molar-refractivity contribution in [3.8, 4) is 0 Å². The lowest BCUT2D eigenvalue weighted by atomic mass is 9.68. The summed E-state index contributed by atoms with van der Waals surface area (Å²) >= 11 is 0. The van der Waals surface area contributed by atoms with Crippen molar-refractivity contribution in [2.24, 2.45) is 0 Å². The molecule has 1 heteroatoms. The number of rotatable bonds is 2. The van der Waals surface area contributed by atoms with E-state index in [-0.39, 0.29) is 0 Å². The zero-order valence-electron chi connectivity index (χ0n) is 13.8. The van der Waals surface area contributed by atoms with Crippen molar-refractivity contribution in [2.75, 3.05) is 0 Å². The quantitative estimate of drug-likeness (QED) is 0.536. The zero-order valence-corrected chi connectivity index (χ0v) is 13.8. The summed E-state index contributed by atoms with van der Waals surface area (Å²) in [6.45, 7) is 0. The Morgan fingerprint density at radius 3 is 1.76 bits per heavy atom. The van der Waals surface area contributed by atoms with Crippen LogP contribution in [0.5, 0.6) is 0 Å². The molecule has 1 aliphatic carbocycles. The minimum absolute atomic E-state index is 0.578. The molecule has 0 fully saturated rings. The van der Waals surface area contributed by atoms with Crippen LogP contribution < -0.4 is 0 Å². The fourth-order valence-corrected chi connectivity index (χ4v) is 4.50. The summed E-state index contributed by atoms with van der Waals surface area (Å²) in [5, 5.41) is 14.0. The summed E-state index contributed by atoms with van der Waals surface area (Å²) in [4.78, 5) is 0. The standard InChI is InChI=1S/C24H18O/c25-23-20-15-7-9-17-10-8-16-21(22(17)20)24(23,18-11-3-1-4-12-18)19-13-5-2-6-14-19/h1-16,23,25H. The third kappa shape index (κ3) is 1.82. The van der Waals surface area contributed by atoms with Gasteiger partial charge in [-0.2, -0.15) is 0 Å². The van der Waals surface area contributed by atoms with E-state index in [9.17, 15) is 5.11 Å². The van der Waals surface area contributed by atoms with Gasteiger partial charge in [-0.05, 0) is 33.0 Å². The zero-order chi connectivity index (χ0) is 16.9. The lowest BCUT2D eigenvalue weighted by Crippen LogP contribution is -2.33. The summed E-state index contributed by atoms with van der Waals surface area (Å²) in [6.07, 6.45) is -0.613. The van der Waals surface area contributed by atoms with Crippen LogP contribution in [0.3, 0.4) is 0 Å². The molecule has 0 saturated carbocycles. The Morgan fingerprint density at radius 2 is 1.16 bits per heavy atom. The van der Waals surface area contributed by atoms with Gasteiger partial charge in [-0.3, -0.25) is 0 Å². The van der Waals surface area contributed by atoms with Crippen molar-refractivity contribution in [3.05, 3.63) is 119 Å². The van der Waals surface area contributed by atoms with Crippen LogP contribution in [-0.2, 0) is 5.41 Å². The normalized spacial score (nSPS) is 17.7. The van der Waals surface area contributed by atoms with Gasteiger partial charge in [-0.1, -0.05) is 97.1 Å². The minimum Gasteiger partial charge on any atom is -0.387 e. The lowest BCUT2D eigenvalue weighted by Gasteiger charge is -2.36. The Hall–Kier alpha value is -2.90. The van der Waals surface area contributed by atoms with Gasteiger partial charge in [0.05, 0.1) is 11.5 Å². The molecule has 0 saturated heterocycles. The highest BCUT2D eigenvalue weighted by molar-refractivity contribution is 5.94. The van der Waals surface area contributed by atoms with Crippen LogP contribution >= 0.6 is 0 Å². The molecule has 4 aromatic rings. The van der Waals surface area contributed by atoms with Crippen molar-refractivity contribution in [3.63, 3.8) is 0 Å². The maximum Gasteiger partial charge on any atom is 0.0974 e. The van der Waals surface area contributed by atoms with E-state index in [2.05, 4.69) is 78.9 Å². The van der Waals surface area contributed by atoms with E-state index in [1.54, 1.807) is 0 Å². The molecule has 25 heavy (non-hydrogen) atoms. The molecule has 1 unspecified atom stereocenters. The molecule has 0 heterocycles. The number of aliphatic hydroxyl groups is 1. The Bertz CT molecular complexity index is 1010. The van der Waals surface area contributed by atoms with Gasteiger partial charge in [0.25, 0.3) is 0 Å². The van der Waals surface area contributed by atoms with Gasteiger partial charge in [-0.15, -0.1) is 0 Å². The van der Waals surface area contributed by atoms with Crippen LogP contribution in [0.1, 0.15) is 28.4 Å². The monoisotopic (exact) mass is 322 g/mol. The van der Waals surface area contributed by atoms with Gasteiger partial charge in [-0.25, -0.2) is 0 Å². The molecule has 1 N–H and O–H groups in total. The molecular formula is C24H18O. The smallest absolute Gasteiger partial charge is 0.0974 e. The highest BCUT2D eigenvalue weighted by atomic mass is 16.3. The molecule has 0 bridgehead atoms. The fraction of sp³-hybridized carbons (Fsp3) is 0.0833. The summed E-state index contributed by atoms with van der Waals surface area (Å²) in [7, 11) is 0. The van der Waals surface area contributed by atoms with E-state index >= 15 is 0 Å². The van der Waals surface area contributed by atoms with E-state index in [0.717, 1.165) is 16.7 Å². The second-order valence-electron chi connectivity index (χ2n) is 6.69. The molecule has 120 valence electrons. The number of hydrogen-bond acceptors (Lipinski definition) is 1. The lowest BCUT2D eigenvalue weighted by molar-refractivity contribution is 0.131. The first kappa shape index (κ1) is 14.4. The van der Waals surface area contributed by atoms with E-state index in [1.165, 1.54) is 16.3 Å². The van der Waals surface area contributed by atoms with Crippen molar-refractivity contribution >= 4 is 10.8 Å². The van der Waals surface area contributed by atoms with Crippen molar-refractivity contribution < 1.29 is 5.11 Å². The molecule has 0 radical (unpaired) electrons. The molecule has 5 rings (SSSR count). The summed E-state index contributed by atoms with van der Waals surface area (Å²) < 4.78 is 0. The van der Waals surface area contributed by atoms with E-state index in [1.807, 2.05) is 18.2 Å². The molecule has 0 spiro atoms. The van der Waals surface area contributed by atoms with E-state index < -0.39 is 11.5 Å². The van der Waals surface area contributed by atoms with Gasteiger partial charge < -0.3 is 5.11 Å². The average Bonchev–Trinajstić information content (AvgIpc) is 2.95. The van der Waals surface area contributed by atoms with Gasteiger partial charge in [0, 0.05) is 0 Å². The van der Waals surface area contributed by atoms with Crippen molar-refractivity contribution in [1.82, 2.24) is 0 Å².